The lowest BCUT2D eigenvalue weighted by Gasteiger charge is -2.09. The van der Waals surface area contributed by atoms with Gasteiger partial charge in [0, 0.05) is 6.54 Å². The Morgan fingerprint density at radius 3 is 2.55 bits per heavy atom. The van der Waals surface area contributed by atoms with Crippen molar-refractivity contribution in [1.82, 2.24) is 5.43 Å². The third-order valence-electron chi connectivity index (χ3n) is 2.02. The summed E-state index contributed by atoms with van der Waals surface area (Å²) in [6.07, 6.45) is 6.75. The number of nitrogens with one attached hydrogen (secondary N) is 1. The van der Waals surface area contributed by atoms with E-state index in [-0.39, 0.29) is 0 Å². The van der Waals surface area contributed by atoms with Gasteiger partial charge < -0.3 is 0 Å². The first-order chi connectivity index (χ1) is 5.31. The third-order valence-corrected chi connectivity index (χ3v) is 2.02. The molecular weight excluding hydrogens is 136 g/mol. The summed E-state index contributed by atoms with van der Waals surface area (Å²) in [7, 11) is 0. The van der Waals surface area contributed by atoms with Crippen molar-refractivity contribution in [3.05, 3.63) is 0 Å². The molecule has 0 heterocycles. The molecule has 0 aliphatic heterocycles. The van der Waals surface area contributed by atoms with E-state index in [9.17, 15) is 0 Å². The normalized spacial score (nSPS) is 13.4. The lowest BCUT2D eigenvalue weighted by atomic mass is 10.0. The van der Waals surface area contributed by atoms with E-state index >= 15 is 0 Å². The number of nitrogens with two attached hydrogens (primary N) is 1. The summed E-state index contributed by atoms with van der Waals surface area (Å²) >= 11 is 0. The zero-order valence-electron chi connectivity index (χ0n) is 7.90. The van der Waals surface area contributed by atoms with Crippen LogP contribution in [-0.2, 0) is 0 Å². The van der Waals surface area contributed by atoms with E-state index < -0.39 is 0 Å². The topological polar surface area (TPSA) is 38.0 Å². The number of rotatable bonds is 7. The second-order valence-corrected chi connectivity index (χ2v) is 3.36. The second-order valence-electron chi connectivity index (χ2n) is 3.36. The molecule has 0 aliphatic rings. The van der Waals surface area contributed by atoms with Crippen LogP contribution in [0.1, 0.15) is 46.0 Å². The molecular formula is C9H22N2. The number of hydrogen-bond acceptors (Lipinski definition) is 2. The summed E-state index contributed by atoms with van der Waals surface area (Å²) in [4.78, 5) is 0. The lowest BCUT2D eigenvalue weighted by Crippen LogP contribution is -2.27. The highest BCUT2D eigenvalue weighted by atomic mass is 15.2. The van der Waals surface area contributed by atoms with Gasteiger partial charge in [-0.25, -0.2) is 0 Å². The quantitative estimate of drug-likeness (QED) is 0.338. The molecule has 0 spiro atoms. The zero-order chi connectivity index (χ0) is 8.53. The third kappa shape index (κ3) is 7.82. The molecule has 0 aromatic heterocycles. The Hall–Kier alpha value is -0.0800. The van der Waals surface area contributed by atoms with E-state index in [2.05, 4.69) is 19.3 Å². The summed E-state index contributed by atoms with van der Waals surface area (Å²) < 4.78 is 0. The van der Waals surface area contributed by atoms with E-state index in [0.717, 1.165) is 12.5 Å². The van der Waals surface area contributed by atoms with E-state index in [4.69, 9.17) is 5.84 Å². The minimum absolute atomic E-state index is 0.733. The van der Waals surface area contributed by atoms with Crippen LogP contribution in [-0.4, -0.2) is 6.54 Å². The fourth-order valence-corrected chi connectivity index (χ4v) is 1.22. The minimum Gasteiger partial charge on any atom is -0.271 e. The molecule has 1 atom stereocenters. The molecule has 0 radical (unpaired) electrons. The Balaban J connectivity index is 2.97. The molecule has 3 N–H and O–H groups in total. The summed E-state index contributed by atoms with van der Waals surface area (Å²) in [6.45, 7) is 5.43. The average molecular weight is 158 g/mol. The van der Waals surface area contributed by atoms with Gasteiger partial charge in [-0.1, -0.05) is 39.5 Å². The van der Waals surface area contributed by atoms with Crippen LogP contribution in [0.15, 0.2) is 0 Å². The summed E-state index contributed by atoms with van der Waals surface area (Å²) in [5.74, 6) is 5.94. The predicted octanol–water partition coefficient (Wildman–Crippen LogP) is 2.06. The maximum Gasteiger partial charge on any atom is 0.0123 e. The molecule has 0 rings (SSSR count). The molecule has 0 aromatic carbocycles. The van der Waals surface area contributed by atoms with Crippen molar-refractivity contribution in [2.45, 2.75) is 46.0 Å². The number of unbranched alkanes of at least 4 members (excludes halogenated alkanes) is 3. The van der Waals surface area contributed by atoms with Crippen LogP contribution in [0.3, 0.4) is 0 Å². The highest BCUT2D eigenvalue weighted by molar-refractivity contribution is 4.54. The summed E-state index contributed by atoms with van der Waals surface area (Å²) in [5.41, 5.74) is 2.71. The van der Waals surface area contributed by atoms with Gasteiger partial charge in [0.25, 0.3) is 0 Å². The number of hydrazine groups is 1. The molecule has 0 bridgehead atoms. The molecule has 0 amide bonds. The largest absolute Gasteiger partial charge is 0.271 e. The van der Waals surface area contributed by atoms with Gasteiger partial charge in [0.2, 0.25) is 0 Å². The van der Waals surface area contributed by atoms with E-state index in [0.29, 0.717) is 0 Å². The van der Waals surface area contributed by atoms with Crippen molar-refractivity contribution in [3.8, 4) is 0 Å². The summed E-state index contributed by atoms with van der Waals surface area (Å²) in [6, 6.07) is 0. The monoisotopic (exact) mass is 158 g/mol. The van der Waals surface area contributed by atoms with Gasteiger partial charge in [-0.2, -0.15) is 0 Å². The first-order valence-corrected chi connectivity index (χ1v) is 4.74. The Morgan fingerprint density at radius 2 is 2.00 bits per heavy atom. The molecule has 2 heteroatoms. The fraction of sp³-hybridized carbons (Fsp3) is 1.00. The Kier molecular flexibility index (Phi) is 7.96. The molecule has 0 saturated heterocycles. The highest BCUT2D eigenvalue weighted by Crippen LogP contribution is 2.08. The standard InChI is InChI=1S/C9H22N2/c1-3-4-5-6-7-9(2)8-11-10/h9,11H,3-8,10H2,1-2H3/t9-/m0/s1. The molecule has 0 aliphatic carbocycles. The first kappa shape index (κ1) is 10.9. The zero-order valence-corrected chi connectivity index (χ0v) is 7.90. The van der Waals surface area contributed by atoms with Crippen molar-refractivity contribution in [2.75, 3.05) is 6.54 Å². The lowest BCUT2D eigenvalue weighted by molar-refractivity contribution is 0.460. The average Bonchev–Trinajstić information content (AvgIpc) is 1.99. The van der Waals surface area contributed by atoms with Gasteiger partial charge in [0.05, 0.1) is 0 Å². The van der Waals surface area contributed by atoms with Gasteiger partial charge in [-0.3, -0.25) is 11.3 Å². The fourth-order valence-electron chi connectivity index (χ4n) is 1.22. The van der Waals surface area contributed by atoms with E-state index in [1.54, 1.807) is 0 Å². The van der Waals surface area contributed by atoms with Gasteiger partial charge in [-0.15, -0.1) is 0 Å². The Bertz CT molecular complexity index is 74.0. The SMILES string of the molecule is CCCCCC[C@H](C)CNN. The highest BCUT2D eigenvalue weighted by Gasteiger charge is 1.98. The van der Waals surface area contributed by atoms with Crippen LogP contribution in [0.4, 0.5) is 0 Å². The minimum atomic E-state index is 0.733. The van der Waals surface area contributed by atoms with Gasteiger partial charge >= 0.3 is 0 Å². The van der Waals surface area contributed by atoms with Crippen LogP contribution in [0, 0.1) is 5.92 Å². The van der Waals surface area contributed by atoms with E-state index in [1.807, 2.05) is 0 Å². The van der Waals surface area contributed by atoms with Gasteiger partial charge in [0.15, 0.2) is 0 Å². The van der Waals surface area contributed by atoms with Crippen molar-refractivity contribution >= 4 is 0 Å². The number of hydrogen-bond donors (Lipinski definition) is 2. The molecule has 2 nitrogen and oxygen atoms in total. The van der Waals surface area contributed by atoms with Crippen LogP contribution in [0.2, 0.25) is 0 Å². The molecule has 0 saturated carbocycles. The van der Waals surface area contributed by atoms with Crippen molar-refractivity contribution in [2.24, 2.45) is 11.8 Å². The maximum absolute atomic E-state index is 5.21. The van der Waals surface area contributed by atoms with E-state index in [1.165, 1.54) is 32.1 Å². The second kappa shape index (κ2) is 8.02. The van der Waals surface area contributed by atoms with Crippen LogP contribution in [0.25, 0.3) is 0 Å². The van der Waals surface area contributed by atoms with Crippen LogP contribution >= 0.6 is 0 Å². The molecule has 0 aromatic rings. The van der Waals surface area contributed by atoms with Gasteiger partial charge in [-0.05, 0) is 12.3 Å². The van der Waals surface area contributed by atoms with Crippen LogP contribution < -0.4 is 11.3 Å². The van der Waals surface area contributed by atoms with Crippen LogP contribution in [0.5, 0.6) is 0 Å². The molecule has 68 valence electrons. The first-order valence-electron chi connectivity index (χ1n) is 4.74. The Labute approximate surface area is 70.5 Å². The predicted molar refractivity (Wildman–Crippen MR) is 50.1 cm³/mol. The molecule has 11 heavy (non-hydrogen) atoms. The Morgan fingerprint density at radius 1 is 1.27 bits per heavy atom. The maximum atomic E-state index is 5.21. The molecule has 0 unspecified atom stereocenters. The smallest absolute Gasteiger partial charge is 0.0123 e. The van der Waals surface area contributed by atoms with Crippen molar-refractivity contribution in [3.63, 3.8) is 0 Å². The van der Waals surface area contributed by atoms with Crippen molar-refractivity contribution in [1.29, 1.82) is 0 Å². The summed E-state index contributed by atoms with van der Waals surface area (Å²) in [5, 5.41) is 0. The van der Waals surface area contributed by atoms with Gasteiger partial charge in [0.1, 0.15) is 0 Å². The molecule has 0 fully saturated rings. The van der Waals surface area contributed by atoms with Crippen molar-refractivity contribution < 1.29 is 0 Å².